The zero-order valence-electron chi connectivity index (χ0n) is 17.9. The van der Waals surface area contributed by atoms with Gasteiger partial charge in [-0.2, -0.15) is 5.26 Å². The highest BCUT2D eigenvalue weighted by atomic mass is 16.5. The van der Waals surface area contributed by atoms with Gasteiger partial charge in [0.25, 0.3) is 0 Å². The Labute approximate surface area is 178 Å². The van der Waals surface area contributed by atoms with Gasteiger partial charge in [-0.25, -0.2) is 4.98 Å². The van der Waals surface area contributed by atoms with E-state index in [-0.39, 0.29) is 5.82 Å². The first kappa shape index (κ1) is 21.2. The molecule has 30 heavy (non-hydrogen) atoms. The summed E-state index contributed by atoms with van der Waals surface area (Å²) in [5, 5.41) is 9.82. The average Bonchev–Trinajstić information content (AvgIpc) is 2.73. The number of nitrogen functional groups attached to an aromatic ring is 1. The van der Waals surface area contributed by atoms with Crippen molar-refractivity contribution in [1.29, 1.82) is 5.26 Å². The topological polar surface area (TPSA) is 81.2 Å². The number of nitrogens with zero attached hydrogens (tertiary/aromatic N) is 2. The summed E-state index contributed by atoms with van der Waals surface area (Å²) in [4.78, 5) is 4.26. The number of benzene rings is 2. The second-order valence-electron chi connectivity index (χ2n) is 7.58. The van der Waals surface area contributed by atoms with E-state index < -0.39 is 0 Å². The largest absolute Gasteiger partial charge is 0.490 e. The normalized spacial score (nSPS) is 10.7. The third kappa shape index (κ3) is 4.55. The van der Waals surface area contributed by atoms with Crippen LogP contribution < -0.4 is 15.2 Å². The molecule has 0 bridgehead atoms. The Morgan fingerprint density at radius 1 is 1.03 bits per heavy atom. The number of pyridine rings is 1. The SMILES string of the molecule is CCOc1cc(-c2c(-c3ccc(C)cc3)cnc(N)c2C#N)ccc1OCC(C)C. The Kier molecular flexibility index (Phi) is 6.58. The van der Waals surface area contributed by atoms with Gasteiger partial charge < -0.3 is 15.2 Å². The molecular formula is C25H27N3O2. The Bertz CT molecular complexity index is 1070. The Balaban J connectivity index is 2.18. The predicted octanol–water partition coefficient (Wildman–Crippen LogP) is 5.61. The van der Waals surface area contributed by atoms with Crippen LogP contribution in [0, 0.1) is 24.2 Å². The van der Waals surface area contributed by atoms with Crippen LogP contribution >= 0.6 is 0 Å². The van der Waals surface area contributed by atoms with E-state index in [2.05, 4.69) is 24.9 Å². The quantitative estimate of drug-likeness (QED) is 0.556. The molecule has 1 aromatic heterocycles. The van der Waals surface area contributed by atoms with Crippen LogP contribution in [-0.4, -0.2) is 18.2 Å². The summed E-state index contributed by atoms with van der Waals surface area (Å²) < 4.78 is 11.8. The van der Waals surface area contributed by atoms with Gasteiger partial charge in [-0.3, -0.25) is 0 Å². The molecule has 3 aromatic rings. The van der Waals surface area contributed by atoms with E-state index in [1.165, 1.54) is 0 Å². The minimum absolute atomic E-state index is 0.210. The monoisotopic (exact) mass is 401 g/mol. The van der Waals surface area contributed by atoms with E-state index >= 15 is 0 Å². The van der Waals surface area contributed by atoms with Gasteiger partial charge in [-0.05, 0) is 43.0 Å². The summed E-state index contributed by atoms with van der Waals surface area (Å²) in [7, 11) is 0. The molecule has 154 valence electrons. The molecule has 5 nitrogen and oxygen atoms in total. The second-order valence-corrected chi connectivity index (χ2v) is 7.58. The van der Waals surface area contributed by atoms with Crippen LogP contribution in [0.2, 0.25) is 0 Å². The maximum atomic E-state index is 9.82. The highest BCUT2D eigenvalue weighted by molar-refractivity contribution is 5.90. The highest BCUT2D eigenvalue weighted by Gasteiger charge is 2.18. The van der Waals surface area contributed by atoms with Crippen molar-refractivity contribution >= 4 is 5.82 Å². The molecule has 0 spiro atoms. The van der Waals surface area contributed by atoms with Crippen molar-refractivity contribution in [3.63, 3.8) is 0 Å². The van der Waals surface area contributed by atoms with Gasteiger partial charge in [0.15, 0.2) is 11.5 Å². The van der Waals surface area contributed by atoms with Crippen molar-refractivity contribution in [3.8, 4) is 39.8 Å². The van der Waals surface area contributed by atoms with E-state index in [1.807, 2.05) is 56.3 Å². The number of nitrogens with two attached hydrogens (primary N) is 1. The first-order valence-electron chi connectivity index (χ1n) is 10.1. The maximum absolute atomic E-state index is 9.82. The van der Waals surface area contributed by atoms with Gasteiger partial charge in [0, 0.05) is 17.3 Å². The molecule has 2 aromatic carbocycles. The maximum Gasteiger partial charge on any atom is 0.161 e. The van der Waals surface area contributed by atoms with Crippen molar-refractivity contribution in [3.05, 3.63) is 59.8 Å². The summed E-state index contributed by atoms with van der Waals surface area (Å²) in [5.74, 6) is 1.94. The fourth-order valence-corrected chi connectivity index (χ4v) is 3.20. The van der Waals surface area contributed by atoms with Crippen LogP contribution in [0.3, 0.4) is 0 Å². The van der Waals surface area contributed by atoms with Crippen LogP contribution in [0.1, 0.15) is 31.9 Å². The summed E-state index contributed by atoms with van der Waals surface area (Å²) in [6.45, 7) is 9.28. The molecule has 0 unspecified atom stereocenters. The molecule has 2 N–H and O–H groups in total. The summed E-state index contributed by atoms with van der Waals surface area (Å²) >= 11 is 0. The molecular weight excluding hydrogens is 374 g/mol. The number of hydrogen-bond donors (Lipinski definition) is 1. The molecule has 0 aliphatic heterocycles. The lowest BCUT2D eigenvalue weighted by molar-refractivity contribution is 0.248. The van der Waals surface area contributed by atoms with Gasteiger partial charge in [-0.1, -0.05) is 49.7 Å². The van der Waals surface area contributed by atoms with E-state index in [4.69, 9.17) is 15.2 Å². The molecule has 0 radical (unpaired) electrons. The number of hydrogen-bond acceptors (Lipinski definition) is 5. The van der Waals surface area contributed by atoms with Crippen LogP contribution in [0.25, 0.3) is 22.3 Å². The number of nitriles is 1. The summed E-state index contributed by atoms with van der Waals surface area (Å²) in [6, 6.07) is 16.1. The molecule has 5 heteroatoms. The minimum Gasteiger partial charge on any atom is -0.490 e. The fourth-order valence-electron chi connectivity index (χ4n) is 3.20. The third-order valence-corrected chi connectivity index (χ3v) is 4.69. The second kappa shape index (κ2) is 9.32. The van der Waals surface area contributed by atoms with Crippen molar-refractivity contribution in [2.75, 3.05) is 18.9 Å². The lowest BCUT2D eigenvalue weighted by Gasteiger charge is -2.17. The van der Waals surface area contributed by atoms with Gasteiger partial charge >= 0.3 is 0 Å². The first-order chi connectivity index (χ1) is 14.4. The number of rotatable bonds is 7. The lowest BCUT2D eigenvalue weighted by atomic mass is 9.92. The Morgan fingerprint density at radius 2 is 1.73 bits per heavy atom. The van der Waals surface area contributed by atoms with Crippen LogP contribution in [0.15, 0.2) is 48.7 Å². The van der Waals surface area contributed by atoms with Crippen molar-refractivity contribution in [1.82, 2.24) is 4.98 Å². The molecule has 0 aliphatic rings. The standard InChI is InChI=1S/C25H27N3O2/c1-5-29-23-12-19(10-11-22(23)30-15-16(2)3)24-20(13-26)25(27)28-14-21(24)18-8-6-17(4)7-9-18/h6-12,14,16H,5,15H2,1-4H3,(H2,27,28). The number of aryl methyl sites for hydroxylation is 1. The molecule has 0 saturated carbocycles. The van der Waals surface area contributed by atoms with Crippen LogP contribution in [-0.2, 0) is 0 Å². The number of aromatic nitrogens is 1. The number of ether oxygens (including phenoxy) is 2. The summed E-state index contributed by atoms with van der Waals surface area (Å²) in [6.07, 6.45) is 1.72. The molecule has 1 heterocycles. The molecule has 0 atom stereocenters. The van der Waals surface area contributed by atoms with Gasteiger partial charge in [0.1, 0.15) is 17.5 Å². The van der Waals surface area contributed by atoms with Crippen molar-refractivity contribution in [2.24, 2.45) is 5.92 Å². The molecule has 0 aliphatic carbocycles. The average molecular weight is 402 g/mol. The molecule has 0 amide bonds. The van der Waals surface area contributed by atoms with Gasteiger partial charge in [0.05, 0.1) is 13.2 Å². The molecule has 3 rings (SSSR count). The lowest BCUT2D eigenvalue weighted by Crippen LogP contribution is -2.06. The van der Waals surface area contributed by atoms with E-state index in [9.17, 15) is 5.26 Å². The van der Waals surface area contributed by atoms with Crippen LogP contribution in [0.4, 0.5) is 5.82 Å². The van der Waals surface area contributed by atoms with Gasteiger partial charge in [0.2, 0.25) is 0 Å². The van der Waals surface area contributed by atoms with E-state index in [1.54, 1.807) is 6.20 Å². The Morgan fingerprint density at radius 3 is 2.37 bits per heavy atom. The minimum atomic E-state index is 0.210. The smallest absolute Gasteiger partial charge is 0.161 e. The number of anilines is 1. The summed E-state index contributed by atoms with van der Waals surface area (Å²) in [5.41, 5.74) is 11.0. The van der Waals surface area contributed by atoms with Crippen molar-refractivity contribution < 1.29 is 9.47 Å². The van der Waals surface area contributed by atoms with Crippen LogP contribution in [0.5, 0.6) is 11.5 Å². The fraction of sp³-hybridized carbons (Fsp3) is 0.280. The molecule has 0 fully saturated rings. The molecule has 0 saturated heterocycles. The Hall–Kier alpha value is -3.52. The first-order valence-corrected chi connectivity index (χ1v) is 10.1. The van der Waals surface area contributed by atoms with Crippen molar-refractivity contribution in [2.45, 2.75) is 27.7 Å². The highest BCUT2D eigenvalue weighted by Crippen LogP contribution is 2.40. The third-order valence-electron chi connectivity index (χ3n) is 4.69. The van der Waals surface area contributed by atoms with E-state index in [0.717, 1.165) is 27.8 Å². The predicted molar refractivity (Wildman–Crippen MR) is 120 cm³/mol. The zero-order chi connectivity index (χ0) is 21.7. The zero-order valence-corrected chi connectivity index (χ0v) is 17.9. The van der Waals surface area contributed by atoms with Gasteiger partial charge in [-0.15, -0.1) is 0 Å². The van der Waals surface area contributed by atoms with E-state index in [0.29, 0.717) is 36.2 Å².